The van der Waals surface area contributed by atoms with E-state index in [4.69, 9.17) is 0 Å². The van der Waals surface area contributed by atoms with Gasteiger partial charge in [0.05, 0.1) is 0 Å². The van der Waals surface area contributed by atoms with Crippen LogP contribution in [0.25, 0.3) is 0 Å². The lowest BCUT2D eigenvalue weighted by Crippen LogP contribution is -1.86. The van der Waals surface area contributed by atoms with Gasteiger partial charge in [0.15, 0.2) is 0 Å². The van der Waals surface area contributed by atoms with E-state index in [1.807, 2.05) is 23.5 Å². The summed E-state index contributed by atoms with van der Waals surface area (Å²) in [5, 5.41) is 0. The number of benzene rings is 1. The van der Waals surface area contributed by atoms with E-state index in [-0.39, 0.29) is 0 Å². The minimum Gasteiger partial charge on any atom is -0.125 e. The van der Waals surface area contributed by atoms with E-state index >= 15 is 0 Å². The maximum absolute atomic E-state index is 3.60. The first kappa shape index (κ1) is 16.9. The van der Waals surface area contributed by atoms with Gasteiger partial charge in [0.1, 0.15) is 0 Å². The smallest absolute Gasteiger partial charge is 0.0329 e. The highest BCUT2D eigenvalue weighted by atomic mass is 79.9. The lowest BCUT2D eigenvalue weighted by atomic mass is 10.4. The van der Waals surface area contributed by atoms with Crippen molar-refractivity contribution in [1.29, 1.82) is 0 Å². The summed E-state index contributed by atoms with van der Waals surface area (Å²) >= 11 is 11.2. The SMILES string of the molecule is CCCCSc1cc(Br)c(Br)cc1SCCCC. The van der Waals surface area contributed by atoms with Crippen LogP contribution in [0.5, 0.6) is 0 Å². The van der Waals surface area contributed by atoms with Crippen LogP contribution in [0.1, 0.15) is 39.5 Å². The lowest BCUT2D eigenvalue weighted by Gasteiger charge is -2.10. The Bertz CT molecular complexity index is 332. The molecule has 0 fully saturated rings. The number of rotatable bonds is 8. The quantitative estimate of drug-likeness (QED) is 0.333. The molecule has 0 aliphatic heterocycles. The topological polar surface area (TPSA) is 0 Å². The fourth-order valence-electron chi connectivity index (χ4n) is 1.39. The van der Waals surface area contributed by atoms with Crippen LogP contribution in [-0.2, 0) is 0 Å². The van der Waals surface area contributed by atoms with Crippen LogP contribution in [0.4, 0.5) is 0 Å². The summed E-state index contributed by atoms with van der Waals surface area (Å²) in [5.41, 5.74) is 0. The molecule has 0 aliphatic rings. The lowest BCUT2D eigenvalue weighted by molar-refractivity contribution is 0.893. The first-order valence-corrected chi connectivity index (χ1v) is 9.99. The van der Waals surface area contributed by atoms with Gasteiger partial charge in [0.25, 0.3) is 0 Å². The monoisotopic (exact) mass is 410 g/mol. The summed E-state index contributed by atoms with van der Waals surface area (Å²) < 4.78 is 2.31. The van der Waals surface area contributed by atoms with Crippen molar-refractivity contribution in [1.82, 2.24) is 0 Å². The Hall–Kier alpha value is 0.880. The molecule has 0 radical (unpaired) electrons. The molecule has 0 heterocycles. The molecular formula is C14H20Br2S2. The van der Waals surface area contributed by atoms with Crippen LogP contribution >= 0.6 is 55.4 Å². The Kier molecular flexibility index (Phi) is 9.16. The van der Waals surface area contributed by atoms with Crippen LogP contribution in [0.3, 0.4) is 0 Å². The molecule has 0 bridgehead atoms. The number of thioether (sulfide) groups is 2. The van der Waals surface area contributed by atoms with Gasteiger partial charge < -0.3 is 0 Å². The van der Waals surface area contributed by atoms with Crippen LogP contribution < -0.4 is 0 Å². The largest absolute Gasteiger partial charge is 0.125 e. The molecule has 0 amide bonds. The van der Waals surface area contributed by atoms with E-state index < -0.39 is 0 Å². The Balaban J connectivity index is 2.73. The highest BCUT2D eigenvalue weighted by Gasteiger charge is 2.08. The van der Waals surface area contributed by atoms with Crippen LogP contribution in [-0.4, -0.2) is 11.5 Å². The van der Waals surface area contributed by atoms with Crippen molar-refractivity contribution in [3.63, 3.8) is 0 Å². The summed E-state index contributed by atoms with van der Waals surface area (Å²) in [6.07, 6.45) is 5.11. The summed E-state index contributed by atoms with van der Waals surface area (Å²) in [7, 11) is 0. The molecule has 0 nitrogen and oxygen atoms in total. The average molecular weight is 412 g/mol. The number of halogens is 2. The Morgan fingerprint density at radius 2 is 1.22 bits per heavy atom. The van der Waals surface area contributed by atoms with Gasteiger partial charge in [-0.05, 0) is 68.3 Å². The predicted molar refractivity (Wildman–Crippen MR) is 93.1 cm³/mol. The Morgan fingerprint density at radius 3 is 1.56 bits per heavy atom. The van der Waals surface area contributed by atoms with Crippen LogP contribution in [0.15, 0.2) is 30.9 Å². The number of hydrogen-bond donors (Lipinski definition) is 0. The highest BCUT2D eigenvalue weighted by Crippen LogP contribution is 2.38. The van der Waals surface area contributed by atoms with Gasteiger partial charge in [-0.25, -0.2) is 0 Å². The van der Waals surface area contributed by atoms with E-state index in [1.54, 1.807) is 0 Å². The fourth-order valence-corrected chi connectivity index (χ4v) is 4.84. The molecule has 0 saturated heterocycles. The zero-order valence-corrected chi connectivity index (χ0v) is 15.8. The summed E-state index contributed by atoms with van der Waals surface area (Å²) in [5.74, 6) is 2.43. The van der Waals surface area contributed by atoms with E-state index in [9.17, 15) is 0 Å². The van der Waals surface area contributed by atoms with Crippen LogP contribution in [0, 0.1) is 0 Å². The molecule has 0 aliphatic carbocycles. The van der Waals surface area contributed by atoms with Gasteiger partial charge in [-0.1, -0.05) is 26.7 Å². The maximum atomic E-state index is 3.60. The molecule has 1 rings (SSSR count). The second-order valence-corrected chi connectivity index (χ2v) is 8.10. The third-order valence-electron chi connectivity index (χ3n) is 2.50. The molecule has 0 aromatic heterocycles. The zero-order valence-electron chi connectivity index (χ0n) is 11.0. The van der Waals surface area contributed by atoms with Crippen molar-refractivity contribution in [3.8, 4) is 0 Å². The van der Waals surface area contributed by atoms with Gasteiger partial charge in [0, 0.05) is 18.7 Å². The zero-order chi connectivity index (χ0) is 13.4. The third-order valence-corrected chi connectivity index (χ3v) is 6.75. The molecule has 0 saturated carbocycles. The first-order chi connectivity index (χ1) is 8.69. The Labute approximate surface area is 136 Å². The molecule has 0 unspecified atom stereocenters. The van der Waals surface area contributed by atoms with E-state index in [2.05, 4.69) is 57.8 Å². The maximum Gasteiger partial charge on any atom is 0.0329 e. The molecule has 18 heavy (non-hydrogen) atoms. The summed E-state index contributed by atoms with van der Waals surface area (Å²) in [6.45, 7) is 4.49. The van der Waals surface area contributed by atoms with Gasteiger partial charge >= 0.3 is 0 Å². The Morgan fingerprint density at radius 1 is 0.833 bits per heavy atom. The van der Waals surface area contributed by atoms with Crippen molar-refractivity contribution < 1.29 is 0 Å². The summed E-state index contributed by atoms with van der Waals surface area (Å²) in [4.78, 5) is 2.83. The van der Waals surface area contributed by atoms with E-state index in [1.165, 1.54) is 47.0 Å². The van der Waals surface area contributed by atoms with Crippen LogP contribution in [0.2, 0.25) is 0 Å². The third kappa shape index (κ3) is 5.89. The molecule has 1 aromatic carbocycles. The first-order valence-electron chi connectivity index (χ1n) is 6.43. The standard InChI is InChI=1S/C14H20Br2S2/c1-3-5-7-17-13-9-11(15)12(16)10-14(13)18-8-6-4-2/h9-10H,3-8H2,1-2H3. The second kappa shape index (κ2) is 9.73. The molecule has 0 N–H and O–H groups in total. The van der Waals surface area contributed by atoms with Crippen molar-refractivity contribution in [2.75, 3.05) is 11.5 Å². The van der Waals surface area contributed by atoms with E-state index in [0.717, 1.165) is 8.95 Å². The minimum absolute atomic E-state index is 1.15. The van der Waals surface area contributed by atoms with Crippen molar-refractivity contribution in [2.45, 2.75) is 49.3 Å². The average Bonchev–Trinajstić information content (AvgIpc) is 2.35. The molecule has 1 aromatic rings. The highest BCUT2D eigenvalue weighted by molar-refractivity contribution is 9.13. The molecule has 0 spiro atoms. The number of unbranched alkanes of at least 4 members (excludes halogenated alkanes) is 2. The van der Waals surface area contributed by atoms with E-state index in [0.29, 0.717) is 0 Å². The predicted octanol–water partition coefficient (Wildman–Crippen LogP) is 7.00. The molecule has 4 heteroatoms. The van der Waals surface area contributed by atoms with Crippen molar-refractivity contribution in [3.05, 3.63) is 21.1 Å². The van der Waals surface area contributed by atoms with Gasteiger partial charge in [-0.2, -0.15) is 0 Å². The number of hydrogen-bond acceptors (Lipinski definition) is 2. The van der Waals surface area contributed by atoms with Crippen molar-refractivity contribution in [2.24, 2.45) is 0 Å². The minimum atomic E-state index is 1.15. The fraction of sp³-hybridized carbons (Fsp3) is 0.571. The van der Waals surface area contributed by atoms with Gasteiger partial charge in [-0.3, -0.25) is 0 Å². The van der Waals surface area contributed by atoms with Gasteiger partial charge in [-0.15, -0.1) is 23.5 Å². The summed E-state index contributed by atoms with van der Waals surface area (Å²) in [6, 6.07) is 4.50. The molecular weight excluding hydrogens is 392 g/mol. The van der Waals surface area contributed by atoms with Crippen molar-refractivity contribution >= 4 is 55.4 Å². The molecule has 0 atom stereocenters. The second-order valence-electron chi connectivity index (χ2n) is 4.12. The molecule has 102 valence electrons. The van der Waals surface area contributed by atoms with Gasteiger partial charge in [0.2, 0.25) is 0 Å². The normalized spacial score (nSPS) is 10.9.